The van der Waals surface area contributed by atoms with Crippen molar-refractivity contribution in [1.82, 2.24) is 25.8 Å². The number of hydrogen-bond donors (Lipinski definition) is 7. The van der Waals surface area contributed by atoms with E-state index in [0.717, 1.165) is 19.3 Å². The number of carbonyl (C=O) groups is 5. The van der Waals surface area contributed by atoms with Crippen molar-refractivity contribution < 1.29 is 44.4 Å². The minimum atomic E-state index is -1.41. The summed E-state index contributed by atoms with van der Waals surface area (Å²) in [7, 11) is 4.56. The number of nitrogens with zero attached hydrogens (tertiary/aromatic N) is 2. The summed E-state index contributed by atoms with van der Waals surface area (Å²) in [4.78, 5) is 70.8. The molecular weight excluding hydrogens is 694 g/mol. The van der Waals surface area contributed by atoms with Crippen LogP contribution < -0.4 is 16.0 Å². The molecule has 14 nitrogen and oxygen atoms in total. The summed E-state index contributed by atoms with van der Waals surface area (Å²) in [6, 6.07) is 6.68. The quantitative estimate of drug-likeness (QED) is 0.0875. The highest BCUT2D eigenvalue weighted by Crippen LogP contribution is 2.22. The lowest BCUT2D eigenvalue weighted by atomic mass is 9.93. The van der Waals surface area contributed by atoms with E-state index in [2.05, 4.69) is 22.9 Å². The molecule has 2 aromatic rings. The fourth-order valence-electron chi connectivity index (χ4n) is 6.34. The molecule has 7 N–H and O–H groups in total. The zero-order chi connectivity index (χ0) is 40.7. The van der Waals surface area contributed by atoms with Crippen molar-refractivity contribution in [2.24, 2.45) is 11.8 Å². The predicted octanol–water partition coefficient (Wildman–Crippen LogP) is 2.82. The van der Waals surface area contributed by atoms with Gasteiger partial charge in [-0.2, -0.15) is 0 Å². The van der Waals surface area contributed by atoms with Gasteiger partial charge in [0, 0.05) is 33.0 Å². The minimum absolute atomic E-state index is 0.00159. The molecule has 0 aliphatic heterocycles. The summed E-state index contributed by atoms with van der Waals surface area (Å²) < 4.78 is 0. The van der Waals surface area contributed by atoms with Crippen molar-refractivity contribution >= 4 is 29.6 Å². The SMILES string of the molecule is CCCCC[C@H](NC)[C@@H](O)C(=O)N[C@H](C(=O)N(C)[C@H](C(=O)N(C)[C@@H](Cc1ccc(O)cc1)C(=O)N[C@@H](Cc1ccc(O)cc1)C(=O)O)[C@@H](C)CC)C(C)C. The van der Waals surface area contributed by atoms with Crippen LogP contribution in [0.2, 0.25) is 0 Å². The van der Waals surface area contributed by atoms with Crippen molar-refractivity contribution in [3.05, 3.63) is 59.7 Å². The average molecular weight is 756 g/mol. The van der Waals surface area contributed by atoms with Gasteiger partial charge in [0.15, 0.2) is 0 Å². The maximum atomic E-state index is 14.5. The van der Waals surface area contributed by atoms with Gasteiger partial charge in [0.05, 0.1) is 0 Å². The number of carboxylic acids is 1. The fraction of sp³-hybridized carbons (Fsp3) is 0.575. The Bertz CT molecular complexity index is 1520. The van der Waals surface area contributed by atoms with E-state index in [1.807, 2.05) is 6.92 Å². The van der Waals surface area contributed by atoms with E-state index in [1.165, 1.54) is 48.2 Å². The zero-order valence-corrected chi connectivity index (χ0v) is 32.9. The Morgan fingerprint density at radius 3 is 1.74 bits per heavy atom. The summed E-state index contributed by atoms with van der Waals surface area (Å²) in [6.45, 7) is 9.22. The lowest BCUT2D eigenvalue weighted by molar-refractivity contribution is -0.152. The monoisotopic (exact) mass is 755 g/mol. The second-order valence-electron chi connectivity index (χ2n) is 14.5. The Balaban J connectivity index is 2.44. The van der Waals surface area contributed by atoms with Gasteiger partial charge in [-0.1, -0.05) is 84.6 Å². The normalized spacial score (nSPS) is 15.2. The van der Waals surface area contributed by atoms with Crippen LogP contribution in [0.3, 0.4) is 0 Å². The number of unbranched alkanes of at least 4 members (excludes halogenated alkanes) is 2. The van der Waals surface area contributed by atoms with E-state index < -0.39 is 77.7 Å². The fourth-order valence-corrected chi connectivity index (χ4v) is 6.34. The molecule has 2 rings (SSSR count). The predicted molar refractivity (Wildman–Crippen MR) is 206 cm³/mol. The van der Waals surface area contributed by atoms with Gasteiger partial charge in [-0.3, -0.25) is 19.2 Å². The summed E-state index contributed by atoms with van der Waals surface area (Å²) >= 11 is 0. The molecular formula is C40H61N5O9. The molecule has 14 heteroatoms. The van der Waals surface area contributed by atoms with Gasteiger partial charge < -0.3 is 46.2 Å². The summed E-state index contributed by atoms with van der Waals surface area (Å²) in [5, 5.41) is 48.7. The molecule has 0 saturated heterocycles. The van der Waals surface area contributed by atoms with Gasteiger partial charge in [0.25, 0.3) is 5.91 Å². The van der Waals surface area contributed by atoms with Crippen molar-refractivity contribution in [1.29, 1.82) is 0 Å². The zero-order valence-electron chi connectivity index (χ0n) is 32.9. The number of amides is 4. The largest absolute Gasteiger partial charge is 0.508 e. The number of phenolic OH excluding ortho intramolecular Hbond substituents is 2. The molecule has 0 aliphatic carbocycles. The molecule has 7 atom stereocenters. The van der Waals surface area contributed by atoms with Gasteiger partial charge >= 0.3 is 5.97 Å². The summed E-state index contributed by atoms with van der Waals surface area (Å²) in [6.07, 6.45) is 2.23. The van der Waals surface area contributed by atoms with Gasteiger partial charge in [-0.25, -0.2) is 4.79 Å². The number of hydrogen-bond acceptors (Lipinski definition) is 9. The van der Waals surface area contributed by atoms with Gasteiger partial charge in [-0.05, 0) is 60.7 Å². The van der Waals surface area contributed by atoms with Gasteiger partial charge in [-0.15, -0.1) is 0 Å². The molecule has 0 saturated carbocycles. The first kappa shape index (κ1) is 45.5. The van der Waals surface area contributed by atoms with Crippen LogP contribution in [0.5, 0.6) is 11.5 Å². The van der Waals surface area contributed by atoms with Crippen molar-refractivity contribution in [3.63, 3.8) is 0 Å². The third kappa shape index (κ3) is 13.0. The molecule has 0 fully saturated rings. The molecule has 0 aromatic heterocycles. The highest BCUT2D eigenvalue weighted by atomic mass is 16.4. The third-order valence-electron chi connectivity index (χ3n) is 10.0. The van der Waals surface area contributed by atoms with Crippen LogP contribution in [0.25, 0.3) is 0 Å². The van der Waals surface area contributed by atoms with Crippen LogP contribution in [-0.4, -0.2) is 117 Å². The number of nitrogens with one attached hydrogen (secondary N) is 3. The van der Waals surface area contributed by atoms with Gasteiger partial charge in [0.1, 0.15) is 41.8 Å². The second kappa shape index (κ2) is 21.9. The average Bonchev–Trinajstić information content (AvgIpc) is 3.14. The lowest BCUT2D eigenvalue weighted by Crippen LogP contribution is -2.61. The number of phenols is 2. The third-order valence-corrected chi connectivity index (χ3v) is 10.0. The van der Waals surface area contributed by atoms with Crippen LogP contribution >= 0.6 is 0 Å². The Morgan fingerprint density at radius 1 is 0.741 bits per heavy atom. The molecule has 54 heavy (non-hydrogen) atoms. The molecule has 0 radical (unpaired) electrons. The maximum Gasteiger partial charge on any atom is 0.326 e. The van der Waals surface area contributed by atoms with Crippen molar-refractivity contribution in [2.45, 2.75) is 116 Å². The van der Waals surface area contributed by atoms with Crippen molar-refractivity contribution in [2.75, 3.05) is 21.1 Å². The standard InChI is InChI=1S/C40H61N5O9/c1-9-11-12-13-30(41-6)35(48)37(50)43-33(24(3)4)38(51)45(8)34(25(5)10-2)39(52)44(7)32(23-27-16-20-29(47)21-17-27)36(49)42-31(40(53)54)22-26-14-18-28(46)19-15-26/h14-21,24-25,30-35,41,46-48H,9-13,22-23H2,1-8H3,(H,42,49)(H,43,50)(H,53,54)/t25-,30-,31-,32-,33-,34-,35+/m0/s1. The first-order valence-corrected chi connectivity index (χ1v) is 18.7. The maximum absolute atomic E-state index is 14.5. The molecule has 0 spiro atoms. The van der Waals surface area contributed by atoms with Crippen LogP contribution in [0, 0.1) is 11.8 Å². The second-order valence-corrected chi connectivity index (χ2v) is 14.5. The van der Waals surface area contributed by atoms with E-state index in [1.54, 1.807) is 52.1 Å². The molecule has 0 aliphatic rings. The number of benzene rings is 2. The minimum Gasteiger partial charge on any atom is -0.508 e. The topological polar surface area (TPSA) is 209 Å². The molecule has 2 aromatic carbocycles. The van der Waals surface area contributed by atoms with Gasteiger partial charge in [0.2, 0.25) is 17.7 Å². The van der Waals surface area contributed by atoms with Crippen LogP contribution in [0.15, 0.2) is 48.5 Å². The van der Waals surface area contributed by atoms with E-state index in [9.17, 15) is 44.4 Å². The van der Waals surface area contributed by atoms with Crippen LogP contribution in [-0.2, 0) is 36.8 Å². The number of carboxylic acid groups (broad SMARTS) is 1. The smallest absolute Gasteiger partial charge is 0.326 e. The highest BCUT2D eigenvalue weighted by Gasteiger charge is 2.41. The molecule has 0 bridgehead atoms. The lowest BCUT2D eigenvalue weighted by Gasteiger charge is -2.39. The first-order valence-electron chi connectivity index (χ1n) is 18.7. The summed E-state index contributed by atoms with van der Waals surface area (Å²) in [5.41, 5.74) is 1.13. The van der Waals surface area contributed by atoms with E-state index >= 15 is 0 Å². The van der Waals surface area contributed by atoms with E-state index in [0.29, 0.717) is 24.0 Å². The van der Waals surface area contributed by atoms with Crippen LogP contribution in [0.1, 0.15) is 77.8 Å². The van der Waals surface area contributed by atoms with E-state index in [-0.39, 0.29) is 24.3 Å². The van der Waals surface area contributed by atoms with E-state index in [4.69, 9.17) is 0 Å². The highest BCUT2D eigenvalue weighted by molar-refractivity contribution is 5.95. The molecule has 0 unspecified atom stereocenters. The van der Waals surface area contributed by atoms with Crippen LogP contribution in [0.4, 0.5) is 0 Å². The Hall–Kier alpha value is -4.69. The Morgan fingerprint density at radius 2 is 1.28 bits per heavy atom. The summed E-state index contributed by atoms with van der Waals surface area (Å²) in [5.74, 6) is -4.71. The number of aliphatic hydroxyl groups excluding tert-OH is 1. The number of likely N-dealkylation sites (N-methyl/N-ethyl adjacent to an activating group) is 3. The number of aliphatic carboxylic acids is 1. The Kier molecular flexibility index (Phi) is 18.4. The molecule has 4 amide bonds. The number of rotatable bonds is 22. The first-order chi connectivity index (χ1) is 25.5. The number of aromatic hydroxyl groups is 2. The molecule has 300 valence electrons. The number of carbonyl (C=O) groups excluding carboxylic acids is 4. The molecule has 0 heterocycles. The van der Waals surface area contributed by atoms with Crippen molar-refractivity contribution in [3.8, 4) is 11.5 Å². The Labute approximate surface area is 319 Å². The number of aliphatic hydroxyl groups is 1.